The zero-order valence-corrected chi connectivity index (χ0v) is 14.4. The third-order valence-electron chi connectivity index (χ3n) is 4.34. The molecule has 2 bridgehead atoms. The van der Waals surface area contributed by atoms with Crippen LogP contribution in [0.3, 0.4) is 0 Å². The van der Waals surface area contributed by atoms with Crippen LogP contribution in [0, 0.1) is 17.8 Å². The van der Waals surface area contributed by atoms with Gasteiger partial charge in [-0.1, -0.05) is 19.1 Å². The fourth-order valence-corrected chi connectivity index (χ4v) is 3.10. The normalized spacial score (nSPS) is 24.2. The molecule has 2 aliphatic carbocycles. The summed E-state index contributed by atoms with van der Waals surface area (Å²) < 4.78 is 5.25. The molecule has 2 aliphatic rings. The summed E-state index contributed by atoms with van der Waals surface area (Å²) in [4.78, 5) is 18.5. The van der Waals surface area contributed by atoms with Gasteiger partial charge in [-0.2, -0.15) is 0 Å². The van der Waals surface area contributed by atoms with Gasteiger partial charge in [-0.15, -0.1) is 0 Å². The second kappa shape index (κ2) is 12.3. The molecule has 0 spiro atoms. The van der Waals surface area contributed by atoms with E-state index in [4.69, 9.17) is 9.99 Å². The summed E-state index contributed by atoms with van der Waals surface area (Å²) in [6.45, 7) is 5.52. The van der Waals surface area contributed by atoms with Gasteiger partial charge in [0.25, 0.3) is 0 Å². The van der Waals surface area contributed by atoms with Crippen LogP contribution in [0.4, 0.5) is 0 Å². The molecular weight excluding hydrogens is 293 g/mol. The number of carbonyl (C=O) groups is 1. The summed E-state index contributed by atoms with van der Waals surface area (Å²) >= 11 is 0. The van der Waals surface area contributed by atoms with Crippen molar-refractivity contribution in [1.82, 2.24) is 0 Å². The first-order valence-electron chi connectivity index (χ1n) is 8.83. The Labute approximate surface area is 140 Å². The van der Waals surface area contributed by atoms with Gasteiger partial charge in [-0.05, 0) is 37.0 Å². The van der Waals surface area contributed by atoms with E-state index in [0.717, 1.165) is 32.6 Å². The zero-order chi connectivity index (χ0) is 16.9. The maximum atomic E-state index is 11.2. The van der Waals surface area contributed by atoms with Crippen LogP contribution in [-0.4, -0.2) is 31.7 Å². The number of ether oxygens (including phenoxy) is 1. The maximum absolute atomic E-state index is 11.2. The number of fused-ring (bicyclic) bond motifs is 2. The number of esters is 1. The molecular formula is C17H30BNO4. The van der Waals surface area contributed by atoms with Crippen LogP contribution in [0.25, 0.3) is 0 Å². The predicted molar refractivity (Wildman–Crippen MR) is 91.0 cm³/mol. The van der Waals surface area contributed by atoms with Gasteiger partial charge in [0.1, 0.15) is 0 Å². The van der Waals surface area contributed by atoms with E-state index in [1.807, 2.05) is 6.92 Å². The van der Waals surface area contributed by atoms with E-state index in [1.165, 1.54) is 25.7 Å². The van der Waals surface area contributed by atoms with Gasteiger partial charge in [0.2, 0.25) is 0 Å². The first-order chi connectivity index (χ1) is 11.2. The van der Waals surface area contributed by atoms with Crippen LogP contribution in [0.15, 0.2) is 17.0 Å². The van der Waals surface area contributed by atoms with E-state index in [2.05, 4.69) is 28.8 Å². The molecule has 2 rings (SSSR count). The number of hydrogen-bond acceptors (Lipinski definition) is 5. The van der Waals surface area contributed by atoms with Gasteiger partial charge < -0.3 is 4.74 Å². The zero-order valence-electron chi connectivity index (χ0n) is 14.4. The molecule has 0 aromatic heterocycles. The second-order valence-corrected chi connectivity index (χ2v) is 6.30. The number of rotatable bonds is 9. The topological polar surface area (TPSA) is 68.1 Å². The number of allylic oxidation sites excluding steroid dienone is 2. The fourth-order valence-electron chi connectivity index (χ4n) is 3.10. The Morgan fingerprint density at radius 2 is 2.09 bits per heavy atom. The molecule has 1 N–H and O–H groups in total. The quantitative estimate of drug-likeness (QED) is 0.174. The molecule has 0 amide bonds. The van der Waals surface area contributed by atoms with Crippen molar-refractivity contribution < 1.29 is 19.6 Å². The molecule has 3 atom stereocenters. The first-order valence-corrected chi connectivity index (χ1v) is 8.83. The average molecular weight is 323 g/mol. The summed E-state index contributed by atoms with van der Waals surface area (Å²) in [5.74, 6) is 2.04. The Bertz CT molecular complexity index is 387. The average Bonchev–Trinajstić information content (AvgIpc) is 3.17. The monoisotopic (exact) mass is 323 g/mol. The summed E-state index contributed by atoms with van der Waals surface area (Å²) in [5, 5.41) is 7.77. The van der Waals surface area contributed by atoms with Crippen molar-refractivity contribution >= 4 is 13.2 Å². The molecule has 1 unspecified atom stereocenters. The molecule has 5 nitrogen and oxygen atoms in total. The van der Waals surface area contributed by atoms with Gasteiger partial charge in [-0.25, -0.2) is 0 Å². The van der Waals surface area contributed by atoms with Gasteiger partial charge in [0, 0.05) is 6.42 Å². The van der Waals surface area contributed by atoms with Crippen molar-refractivity contribution in [3.8, 4) is 0 Å². The Balaban J connectivity index is 0.000000257. The number of unbranched alkanes of at least 4 members (excludes halogenated alkanes) is 2. The number of hydrogen-bond donors (Lipinski definition) is 1. The molecule has 130 valence electrons. The molecule has 0 saturated heterocycles. The van der Waals surface area contributed by atoms with Crippen LogP contribution >= 0.6 is 0 Å². The second-order valence-electron chi connectivity index (χ2n) is 6.30. The van der Waals surface area contributed by atoms with E-state index < -0.39 is 0 Å². The number of carbonyl (C=O) groups excluding carboxylic acids is 1. The molecule has 23 heavy (non-hydrogen) atoms. The summed E-state index contributed by atoms with van der Waals surface area (Å²) in [5.41, 5.74) is 0. The van der Waals surface area contributed by atoms with Crippen LogP contribution in [0.1, 0.15) is 58.8 Å². The molecule has 0 aromatic carbocycles. The van der Waals surface area contributed by atoms with Crippen molar-refractivity contribution in [2.75, 3.05) is 13.2 Å². The summed E-state index contributed by atoms with van der Waals surface area (Å²) in [6.07, 6.45) is 12.0. The Morgan fingerprint density at radius 1 is 1.26 bits per heavy atom. The predicted octanol–water partition coefficient (Wildman–Crippen LogP) is 4.01. The van der Waals surface area contributed by atoms with Crippen LogP contribution in [0.2, 0.25) is 0 Å². The Morgan fingerprint density at radius 3 is 2.65 bits per heavy atom. The summed E-state index contributed by atoms with van der Waals surface area (Å²) in [6, 6.07) is 0. The van der Waals surface area contributed by atoms with Crippen LogP contribution < -0.4 is 0 Å². The van der Waals surface area contributed by atoms with Crippen molar-refractivity contribution in [1.29, 1.82) is 0 Å². The van der Waals surface area contributed by atoms with Crippen molar-refractivity contribution in [2.24, 2.45) is 22.6 Å². The van der Waals surface area contributed by atoms with E-state index in [0.29, 0.717) is 24.9 Å². The van der Waals surface area contributed by atoms with Gasteiger partial charge >= 0.3 is 60.9 Å². The molecule has 0 aliphatic heterocycles. The van der Waals surface area contributed by atoms with Gasteiger partial charge in [-0.3, -0.25) is 4.79 Å². The number of nitrogens with zero attached hydrogens (tertiary/aromatic N) is 1. The van der Waals surface area contributed by atoms with Crippen LogP contribution in [0.5, 0.6) is 0 Å². The third kappa shape index (κ3) is 8.30. The fraction of sp³-hybridized carbons (Fsp3) is 0.824. The van der Waals surface area contributed by atoms with E-state index >= 15 is 0 Å². The van der Waals surface area contributed by atoms with E-state index in [9.17, 15) is 4.79 Å². The Hall–Kier alpha value is -1.17. The van der Waals surface area contributed by atoms with Crippen molar-refractivity contribution in [2.45, 2.75) is 58.8 Å². The molecule has 1 fully saturated rings. The van der Waals surface area contributed by atoms with Crippen molar-refractivity contribution in [3.63, 3.8) is 0 Å². The molecule has 0 heterocycles. The molecule has 6 heteroatoms. The Kier molecular flexibility index (Phi) is 10.6. The van der Waals surface area contributed by atoms with Gasteiger partial charge in [0.05, 0.1) is 6.61 Å². The third-order valence-corrected chi connectivity index (χ3v) is 4.34. The van der Waals surface area contributed by atoms with Crippen molar-refractivity contribution in [3.05, 3.63) is 12.2 Å². The molecule has 1 saturated carbocycles. The van der Waals surface area contributed by atoms with Gasteiger partial charge in [0.15, 0.2) is 0 Å². The molecule has 0 radical (unpaired) electrons. The molecule has 0 aromatic rings. The van der Waals surface area contributed by atoms with E-state index in [-0.39, 0.29) is 5.97 Å². The minimum atomic E-state index is -0.0285. The SMILES string of the molecule is CCCC(=O)OCC1C[C@@H]2C=C[C@H]1C2.CCCCCN=BOO. The first kappa shape index (κ1) is 19.9. The van der Waals surface area contributed by atoms with E-state index in [1.54, 1.807) is 0 Å². The summed E-state index contributed by atoms with van der Waals surface area (Å²) in [7, 11) is 1.05. The minimum absolute atomic E-state index is 0.0285. The van der Waals surface area contributed by atoms with Crippen LogP contribution in [-0.2, 0) is 14.3 Å². The standard InChI is InChI=1S/C12H18O2.C5H12BNO2/c1-2-3-12(13)14-8-11-7-9-4-5-10(11)6-9;1-2-3-4-5-7-6-9-8/h4-5,9-11H,2-3,6-8H2,1H3;8H,2-5H2,1H3/t9-,10+,11?;/m1./s1.